The summed E-state index contributed by atoms with van der Waals surface area (Å²) in [5, 5.41) is 12.8. The fraction of sp³-hybridized carbons (Fsp3) is 0.263. The molecular weight excluding hydrogens is 368 g/mol. The number of hydrogen-bond acceptors (Lipinski definition) is 6. The molecule has 0 aliphatic heterocycles. The second kappa shape index (κ2) is 9.18. The number of nitrogens with zero attached hydrogens (tertiary/aromatic N) is 1. The van der Waals surface area contributed by atoms with Crippen LogP contribution < -0.4 is 5.32 Å². The van der Waals surface area contributed by atoms with Crippen LogP contribution in [0.2, 0.25) is 0 Å². The summed E-state index contributed by atoms with van der Waals surface area (Å²) in [5.74, 6) is -0.947. The number of nitrogens with one attached hydrogen (secondary N) is 1. The van der Waals surface area contributed by atoms with E-state index in [1.165, 1.54) is 23.9 Å². The number of nitro groups is 1. The molecule has 0 aliphatic carbocycles. The predicted octanol–water partition coefficient (Wildman–Crippen LogP) is 3.87. The van der Waals surface area contributed by atoms with E-state index in [9.17, 15) is 19.7 Å². The number of aryl methyl sites for hydroxylation is 2. The highest BCUT2D eigenvalue weighted by Crippen LogP contribution is 2.26. The van der Waals surface area contributed by atoms with Crippen molar-refractivity contribution in [2.45, 2.75) is 30.9 Å². The molecule has 0 fully saturated rings. The second-order valence-corrected chi connectivity index (χ2v) is 7.40. The van der Waals surface area contributed by atoms with Crippen LogP contribution in [-0.4, -0.2) is 28.7 Å². The fourth-order valence-corrected chi connectivity index (χ4v) is 3.16. The predicted molar refractivity (Wildman–Crippen MR) is 104 cm³/mol. The zero-order chi connectivity index (χ0) is 20.0. The molecule has 0 heterocycles. The lowest BCUT2D eigenvalue weighted by atomic mass is 10.1. The third-order valence-corrected chi connectivity index (χ3v) is 4.78. The van der Waals surface area contributed by atoms with Crippen molar-refractivity contribution in [3.8, 4) is 0 Å². The highest BCUT2D eigenvalue weighted by molar-refractivity contribution is 8.00. The van der Waals surface area contributed by atoms with Crippen LogP contribution in [0.1, 0.15) is 18.1 Å². The van der Waals surface area contributed by atoms with Gasteiger partial charge in [0.15, 0.2) is 6.61 Å². The lowest BCUT2D eigenvalue weighted by Gasteiger charge is -2.12. The van der Waals surface area contributed by atoms with Crippen molar-refractivity contribution in [1.82, 2.24) is 0 Å². The summed E-state index contributed by atoms with van der Waals surface area (Å²) in [6.45, 7) is 5.12. The molecule has 0 radical (unpaired) electrons. The van der Waals surface area contributed by atoms with E-state index in [0.717, 1.165) is 11.1 Å². The van der Waals surface area contributed by atoms with Crippen LogP contribution in [0, 0.1) is 24.0 Å². The molecule has 0 saturated carbocycles. The average Bonchev–Trinajstić information content (AvgIpc) is 2.62. The van der Waals surface area contributed by atoms with Crippen LogP contribution in [0.3, 0.4) is 0 Å². The molecule has 1 atom stereocenters. The molecule has 8 heteroatoms. The first kappa shape index (κ1) is 20.4. The minimum Gasteiger partial charge on any atom is -0.455 e. The Morgan fingerprint density at radius 3 is 2.44 bits per heavy atom. The summed E-state index contributed by atoms with van der Waals surface area (Å²) >= 11 is 1.20. The summed E-state index contributed by atoms with van der Waals surface area (Å²) in [6, 6.07) is 11.5. The van der Waals surface area contributed by atoms with Gasteiger partial charge in [-0.3, -0.25) is 19.7 Å². The van der Waals surface area contributed by atoms with Gasteiger partial charge in [-0.05, 0) is 44.5 Å². The quantitative estimate of drug-likeness (QED) is 0.335. The van der Waals surface area contributed by atoms with E-state index in [1.54, 1.807) is 25.1 Å². The second-order valence-electron chi connectivity index (χ2n) is 5.99. The van der Waals surface area contributed by atoms with Gasteiger partial charge in [0.1, 0.15) is 5.25 Å². The Kier molecular flexibility index (Phi) is 6.95. The number of thioether (sulfide) groups is 1. The van der Waals surface area contributed by atoms with E-state index in [-0.39, 0.29) is 12.3 Å². The number of non-ortho nitro benzene ring substituents is 1. The number of esters is 1. The standard InChI is InChI=1S/C19H20N2O5S/c1-12-4-9-17(13(2)10-12)20-18(22)11-26-19(23)14(3)27-16-7-5-15(6-8-16)21(24)25/h4-10,14H,11H2,1-3H3,(H,20,22)/t14-/m1/s1. The summed E-state index contributed by atoms with van der Waals surface area (Å²) in [7, 11) is 0. The minimum atomic E-state index is -0.555. The first-order chi connectivity index (χ1) is 12.8. The van der Waals surface area contributed by atoms with Crippen LogP contribution in [0.15, 0.2) is 47.4 Å². The molecule has 2 rings (SSSR count). The van der Waals surface area contributed by atoms with E-state index in [4.69, 9.17) is 4.74 Å². The number of carbonyl (C=O) groups is 2. The van der Waals surface area contributed by atoms with Crippen molar-refractivity contribution in [3.63, 3.8) is 0 Å². The Labute approximate surface area is 161 Å². The molecule has 0 unspecified atom stereocenters. The van der Waals surface area contributed by atoms with Gasteiger partial charge in [0.25, 0.3) is 11.6 Å². The summed E-state index contributed by atoms with van der Waals surface area (Å²) in [4.78, 5) is 34.9. The van der Waals surface area contributed by atoms with Crippen LogP contribution in [0.25, 0.3) is 0 Å². The number of carbonyl (C=O) groups excluding carboxylic acids is 2. The van der Waals surface area contributed by atoms with Gasteiger partial charge >= 0.3 is 5.97 Å². The minimum absolute atomic E-state index is 0.0161. The molecule has 1 N–H and O–H groups in total. The van der Waals surface area contributed by atoms with Gasteiger partial charge in [-0.15, -0.1) is 11.8 Å². The maximum absolute atomic E-state index is 12.1. The molecule has 7 nitrogen and oxygen atoms in total. The Bertz CT molecular complexity index is 852. The molecule has 0 aliphatic rings. The van der Waals surface area contributed by atoms with Crippen LogP contribution in [-0.2, 0) is 14.3 Å². The summed E-state index contributed by atoms with van der Waals surface area (Å²) in [5.41, 5.74) is 2.68. The normalized spacial score (nSPS) is 11.5. The number of amides is 1. The number of nitro benzene ring substituents is 1. The highest BCUT2D eigenvalue weighted by atomic mass is 32.2. The highest BCUT2D eigenvalue weighted by Gasteiger charge is 2.18. The van der Waals surface area contributed by atoms with E-state index >= 15 is 0 Å². The number of rotatable bonds is 7. The van der Waals surface area contributed by atoms with E-state index in [0.29, 0.717) is 10.6 Å². The number of benzene rings is 2. The fourth-order valence-electron chi connectivity index (χ4n) is 2.29. The van der Waals surface area contributed by atoms with Crippen molar-refractivity contribution in [2.75, 3.05) is 11.9 Å². The van der Waals surface area contributed by atoms with Gasteiger partial charge in [-0.1, -0.05) is 17.7 Å². The molecule has 0 spiro atoms. The molecular formula is C19H20N2O5S. The lowest BCUT2D eigenvalue weighted by Crippen LogP contribution is -2.25. The molecule has 142 valence electrons. The molecule has 1 amide bonds. The van der Waals surface area contributed by atoms with Crippen LogP contribution in [0.4, 0.5) is 11.4 Å². The number of ether oxygens (including phenoxy) is 1. The zero-order valence-electron chi connectivity index (χ0n) is 15.2. The molecule has 2 aromatic rings. The zero-order valence-corrected chi connectivity index (χ0v) is 16.0. The number of hydrogen-bond donors (Lipinski definition) is 1. The largest absolute Gasteiger partial charge is 0.455 e. The van der Waals surface area contributed by atoms with E-state index in [2.05, 4.69) is 5.32 Å². The van der Waals surface area contributed by atoms with Crippen LogP contribution in [0.5, 0.6) is 0 Å². The van der Waals surface area contributed by atoms with Crippen molar-refractivity contribution in [2.24, 2.45) is 0 Å². The molecule has 0 aromatic heterocycles. The Balaban J connectivity index is 1.83. The maximum atomic E-state index is 12.1. The molecule has 0 saturated heterocycles. The van der Waals surface area contributed by atoms with Crippen molar-refractivity contribution in [3.05, 3.63) is 63.7 Å². The van der Waals surface area contributed by atoms with Gasteiger partial charge in [-0.2, -0.15) is 0 Å². The summed E-state index contributed by atoms with van der Waals surface area (Å²) < 4.78 is 5.06. The van der Waals surface area contributed by atoms with E-state index in [1.807, 2.05) is 26.0 Å². The smallest absolute Gasteiger partial charge is 0.319 e. The third kappa shape index (κ3) is 6.10. The van der Waals surface area contributed by atoms with Crippen molar-refractivity contribution in [1.29, 1.82) is 0 Å². The molecule has 2 aromatic carbocycles. The van der Waals surface area contributed by atoms with Crippen molar-refractivity contribution >= 4 is 35.0 Å². The first-order valence-corrected chi connectivity index (χ1v) is 9.09. The maximum Gasteiger partial charge on any atom is 0.319 e. The van der Waals surface area contributed by atoms with Crippen LogP contribution >= 0.6 is 11.8 Å². The first-order valence-electron chi connectivity index (χ1n) is 8.21. The topological polar surface area (TPSA) is 98.5 Å². The lowest BCUT2D eigenvalue weighted by molar-refractivity contribution is -0.384. The van der Waals surface area contributed by atoms with Gasteiger partial charge in [0.2, 0.25) is 0 Å². The SMILES string of the molecule is Cc1ccc(NC(=O)COC(=O)[C@@H](C)Sc2ccc([N+](=O)[O-])cc2)c(C)c1. The van der Waals surface area contributed by atoms with Gasteiger partial charge in [-0.25, -0.2) is 0 Å². The van der Waals surface area contributed by atoms with Gasteiger partial charge in [0, 0.05) is 22.7 Å². The third-order valence-electron chi connectivity index (χ3n) is 3.69. The summed E-state index contributed by atoms with van der Waals surface area (Å²) in [6.07, 6.45) is 0. The van der Waals surface area contributed by atoms with Crippen molar-refractivity contribution < 1.29 is 19.2 Å². The van der Waals surface area contributed by atoms with E-state index < -0.39 is 22.0 Å². The Morgan fingerprint density at radius 2 is 1.85 bits per heavy atom. The van der Waals surface area contributed by atoms with Gasteiger partial charge < -0.3 is 10.1 Å². The average molecular weight is 388 g/mol. The molecule has 27 heavy (non-hydrogen) atoms. The monoisotopic (exact) mass is 388 g/mol. The Hall–Kier alpha value is -2.87. The Morgan fingerprint density at radius 1 is 1.19 bits per heavy atom. The molecule has 0 bridgehead atoms. The van der Waals surface area contributed by atoms with Gasteiger partial charge in [0.05, 0.1) is 4.92 Å². The number of anilines is 1.